The largest absolute Gasteiger partial charge is 0.354 e. The molecule has 1 amide bonds. The lowest BCUT2D eigenvalue weighted by Gasteiger charge is -2.34. The fourth-order valence-electron chi connectivity index (χ4n) is 4.03. The van der Waals surface area contributed by atoms with Gasteiger partial charge in [-0.2, -0.15) is 5.10 Å². The van der Waals surface area contributed by atoms with Crippen LogP contribution in [-0.2, 0) is 11.2 Å². The Kier molecular flexibility index (Phi) is 7.19. The molecule has 3 aromatic rings. The zero-order chi connectivity index (χ0) is 24.2. The molecule has 9 nitrogen and oxygen atoms in total. The van der Waals surface area contributed by atoms with Crippen molar-refractivity contribution in [2.24, 2.45) is 5.92 Å². The van der Waals surface area contributed by atoms with Crippen LogP contribution in [0.5, 0.6) is 0 Å². The topological polar surface area (TPSA) is 102 Å². The van der Waals surface area contributed by atoms with E-state index in [1.165, 1.54) is 11.8 Å². The van der Waals surface area contributed by atoms with Crippen LogP contribution in [0.15, 0.2) is 46.5 Å². The Morgan fingerprint density at radius 1 is 1.09 bits per heavy atom. The molecule has 2 fully saturated rings. The third-order valence-corrected chi connectivity index (χ3v) is 7.24. The molecule has 1 aliphatic carbocycles. The van der Waals surface area contributed by atoms with Crippen molar-refractivity contribution in [1.29, 1.82) is 0 Å². The van der Waals surface area contributed by atoms with Crippen LogP contribution in [0, 0.1) is 5.92 Å². The number of rotatable bonds is 9. The molecule has 0 radical (unpaired) electrons. The van der Waals surface area contributed by atoms with E-state index in [1.54, 1.807) is 0 Å². The third-order valence-electron chi connectivity index (χ3n) is 6.37. The maximum Gasteiger partial charge on any atom is 0.227 e. The first kappa shape index (κ1) is 23.6. The third kappa shape index (κ3) is 6.12. The molecule has 0 unspecified atom stereocenters. The van der Waals surface area contributed by atoms with Gasteiger partial charge < -0.3 is 20.4 Å². The molecule has 0 bridgehead atoms. The smallest absolute Gasteiger partial charge is 0.227 e. The molecule has 0 spiro atoms. The number of carbonyl (C=O) groups is 1. The van der Waals surface area contributed by atoms with Crippen LogP contribution in [0.2, 0.25) is 0 Å². The van der Waals surface area contributed by atoms with E-state index in [9.17, 15) is 4.79 Å². The summed E-state index contributed by atoms with van der Waals surface area (Å²) in [5.41, 5.74) is 1.82. The summed E-state index contributed by atoms with van der Waals surface area (Å²) < 4.78 is 0. The first-order chi connectivity index (χ1) is 17.1. The van der Waals surface area contributed by atoms with Crippen LogP contribution in [0.3, 0.4) is 0 Å². The van der Waals surface area contributed by atoms with Crippen LogP contribution in [0.4, 0.5) is 23.1 Å². The van der Waals surface area contributed by atoms with E-state index >= 15 is 0 Å². The lowest BCUT2D eigenvalue weighted by atomic mass is 10.3. The SMILES string of the molecule is CCc1cc(Nc2cc(N3CCN(CC)CC3)nc(Sc3ccc(NC(=O)C4CC4)cc3)n2)[nH]n1. The summed E-state index contributed by atoms with van der Waals surface area (Å²) in [6, 6.07) is 11.9. The van der Waals surface area contributed by atoms with Gasteiger partial charge in [0.25, 0.3) is 0 Å². The van der Waals surface area contributed by atoms with Crippen molar-refractivity contribution in [3.63, 3.8) is 0 Å². The highest BCUT2D eigenvalue weighted by Crippen LogP contribution is 2.32. The highest BCUT2D eigenvalue weighted by atomic mass is 32.2. The number of nitrogens with zero attached hydrogens (tertiary/aromatic N) is 5. The van der Waals surface area contributed by atoms with Gasteiger partial charge in [0.05, 0.1) is 5.69 Å². The van der Waals surface area contributed by atoms with Gasteiger partial charge in [-0.3, -0.25) is 9.89 Å². The second-order valence-electron chi connectivity index (χ2n) is 8.96. The number of carbonyl (C=O) groups excluding carboxylic acids is 1. The average molecular weight is 493 g/mol. The zero-order valence-electron chi connectivity index (χ0n) is 20.3. The van der Waals surface area contributed by atoms with Crippen molar-refractivity contribution in [2.45, 2.75) is 43.2 Å². The van der Waals surface area contributed by atoms with Crippen LogP contribution < -0.4 is 15.5 Å². The fraction of sp³-hybridized carbons (Fsp3) is 0.440. The highest BCUT2D eigenvalue weighted by Gasteiger charge is 2.29. The number of aromatic amines is 1. The van der Waals surface area contributed by atoms with Gasteiger partial charge in [-0.25, -0.2) is 9.97 Å². The minimum Gasteiger partial charge on any atom is -0.354 e. The molecule has 1 aromatic carbocycles. The summed E-state index contributed by atoms with van der Waals surface area (Å²) in [6.45, 7) is 9.29. The van der Waals surface area contributed by atoms with E-state index < -0.39 is 0 Å². The number of H-pyrrole nitrogens is 1. The second-order valence-corrected chi connectivity index (χ2v) is 10.00. The number of nitrogens with one attached hydrogen (secondary N) is 3. The standard InChI is InChI=1S/C25H32N8OS/c1-3-18-15-22(31-30-18)27-21-16-23(33-13-11-32(4-2)12-14-33)29-25(28-21)35-20-9-7-19(8-10-20)26-24(34)17-5-6-17/h7-10,15-17H,3-6,11-14H2,1-2H3,(H,26,34)(H2,27,28,29,30,31). The Hall–Kier alpha value is -3.11. The number of hydrogen-bond acceptors (Lipinski definition) is 8. The molecular formula is C25H32N8OS. The number of anilines is 4. The molecule has 2 aromatic heterocycles. The van der Waals surface area contributed by atoms with Crippen molar-refractivity contribution >= 4 is 40.8 Å². The van der Waals surface area contributed by atoms with Gasteiger partial charge in [-0.05, 0) is 61.8 Å². The van der Waals surface area contributed by atoms with E-state index in [4.69, 9.17) is 9.97 Å². The van der Waals surface area contributed by atoms with Crippen molar-refractivity contribution < 1.29 is 4.79 Å². The molecule has 0 atom stereocenters. The van der Waals surface area contributed by atoms with Gasteiger partial charge in [-0.1, -0.05) is 13.8 Å². The molecule has 1 saturated carbocycles. The minimum absolute atomic E-state index is 0.116. The second kappa shape index (κ2) is 10.7. The number of aromatic nitrogens is 4. The summed E-state index contributed by atoms with van der Waals surface area (Å²) >= 11 is 1.51. The first-order valence-electron chi connectivity index (χ1n) is 12.4. The Bertz CT molecular complexity index is 1150. The van der Waals surface area contributed by atoms with E-state index in [-0.39, 0.29) is 11.8 Å². The van der Waals surface area contributed by atoms with Gasteiger partial charge in [0.1, 0.15) is 17.5 Å². The summed E-state index contributed by atoms with van der Waals surface area (Å²) in [4.78, 5) is 27.5. The van der Waals surface area contributed by atoms with Gasteiger partial charge in [0.2, 0.25) is 5.91 Å². The average Bonchev–Trinajstić information content (AvgIpc) is 3.64. The van der Waals surface area contributed by atoms with Gasteiger partial charge in [0, 0.05) is 54.8 Å². The molecule has 5 rings (SSSR count). The predicted molar refractivity (Wildman–Crippen MR) is 140 cm³/mol. The Morgan fingerprint density at radius 3 is 2.51 bits per heavy atom. The Labute approximate surface area is 210 Å². The van der Waals surface area contributed by atoms with Crippen molar-refractivity contribution in [1.82, 2.24) is 25.1 Å². The number of benzene rings is 1. The fourth-order valence-corrected chi connectivity index (χ4v) is 4.79. The molecule has 1 saturated heterocycles. The lowest BCUT2D eigenvalue weighted by molar-refractivity contribution is -0.117. The van der Waals surface area contributed by atoms with Crippen LogP contribution in [0.1, 0.15) is 32.4 Å². The van der Waals surface area contributed by atoms with Crippen LogP contribution in [-0.4, -0.2) is 63.7 Å². The Morgan fingerprint density at radius 2 is 1.86 bits per heavy atom. The van der Waals surface area contributed by atoms with E-state index in [1.807, 2.05) is 36.4 Å². The monoisotopic (exact) mass is 492 g/mol. The molecule has 3 N–H and O–H groups in total. The maximum atomic E-state index is 12.0. The number of aryl methyl sites for hydroxylation is 1. The summed E-state index contributed by atoms with van der Waals surface area (Å²) in [5, 5.41) is 14.4. The van der Waals surface area contributed by atoms with Gasteiger partial charge in [-0.15, -0.1) is 0 Å². The maximum absolute atomic E-state index is 12.0. The number of hydrogen-bond donors (Lipinski definition) is 3. The number of amides is 1. The van der Waals surface area contributed by atoms with Crippen molar-refractivity contribution in [2.75, 3.05) is 48.3 Å². The highest BCUT2D eigenvalue weighted by molar-refractivity contribution is 7.99. The van der Waals surface area contributed by atoms with Crippen LogP contribution in [0.25, 0.3) is 0 Å². The molecule has 3 heterocycles. The molecule has 35 heavy (non-hydrogen) atoms. The van der Waals surface area contributed by atoms with E-state index in [0.29, 0.717) is 5.16 Å². The Balaban J connectivity index is 1.34. The molecular weight excluding hydrogens is 460 g/mol. The first-order valence-corrected chi connectivity index (χ1v) is 13.2. The van der Waals surface area contributed by atoms with Gasteiger partial charge in [0.15, 0.2) is 5.16 Å². The lowest BCUT2D eigenvalue weighted by Crippen LogP contribution is -2.46. The number of likely N-dealkylation sites (N-methyl/N-ethyl adjacent to an activating group) is 1. The molecule has 1 aliphatic heterocycles. The van der Waals surface area contributed by atoms with Gasteiger partial charge >= 0.3 is 0 Å². The quantitative estimate of drug-likeness (QED) is 0.383. The van der Waals surface area contributed by atoms with Crippen molar-refractivity contribution in [3.05, 3.63) is 42.1 Å². The normalized spacial score (nSPS) is 16.3. The van der Waals surface area contributed by atoms with Crippen LogP contribution >= 0.6 is 11.8 Å². The molecule has 10 heteroatoms. The molecule has 2 aliphatic rings. The number of piperazine rings is 1. The van der Waals surface area contributed by atoms with E-state index in [0.717, 1.165) is 85.7 Å². The van der Waals surface area contributed by atoms with Crippen molar-refractivity contribution in [3.8, 4) is 0 Å². The molecule has 184 valence electrons. The summed E-state index contributed by atoms with van der Waals surface area (Å²) in [5.74, 6) is 2.77. The summed E-state index contributed by atoms with van der Waals surface area (Å²) in [7, 11) is 0. The van der Waals surface area contributed by atoms with E-state index in [2.05, 4.69) is 44.5 Å². The summed E-state index contributed by atoms with van der Waals surface area (Å²) in [6.07, 6.45) is 2.86. The predicted octanol–water partition coefficient (Wildman–Crippen LogP) is 4.15. The zero-order valence-corrected chi connectivity index (χ0v) is 21.1. The minimum atomic E-state index is 0.116.